The van der Waals surface area contributed by atoms with Crippen molar-refractivity contribution in [3.63, 3.8) is 0 Å². The Hall–Kier alpha value is -3.88. The summed E-state index contributed by atoms with van der Waals surface area (Å²) in [7, 11) is -4.06. The predicted octanol–water partition coefficient (Wildman–Crippen LogP) is 4.57. The summed E-state index contributed by atoms with van der Waals surface area (Å²) in [4.78, 5) is 16.5. The van der Waals surface area contributed by atoms with Crippen LogP contribution in [-0.4, -0.2) is 39.7 Å². The maximum atomic E-state index is 13.1. The van der Waals surface area contributed by atoms with Gasteiger partial charge in [-0.05, 0) is 48.4 Å². The number of aromatic nitrogens is 4. The first-order valence-electron chi connectivity index (χ1n) is 10.4. The van der Waals surface area contributed by atoms with Gasteiger partial charge in [0.25, 0.3) is 0 Å². The second-order valence-electron chi connectivity index (χ2n) is 7.82. The molecule has 0 saturated carbocycles. The van der Waals surface area contributed by atoms with E-state index in [9.17, 15) is 39.6 Å². The highest BCUT2D eigenvalue weighted by Crippen LogP contribution is 2.32. The van der Waals surface area contributed by atoms with Crippen LogP contribution >= 0.6 is 0 Å². The Balaban J connectivity index is 1.87. The zero-order chi connectivity index (χ0) is 27.3. The molecule has 0 aliphatic heterocycles. The van der Waals surface area contributed by atoms with E-state index >= 15 is 0 Å². The minimum absolute atomic E-state index is 0.107. The zero-order valence-corrected chi connectivity index (χ0v) is 19.7. The Kier molecular flexibility index (Phi) is 6.30. The highest BCUT2D eigenvalue weighted by Gasteiger charge is 2.33. The lowest BCUT2D eigenvalue weighted by atomic mass is 10.0. The number of hydrogen-bond donors (Lipinski definition) is 0. The largest absolute Gasteiger partial charge is 0.573 e. The Morgan fingerprint density at radius 2 is 1.70 bits per heavy atom. The molecule has 0 saturated heterocycles. The highest BCUT2D eigenvalue weighted by molar-refractivity contribution is 7.91. The number of sulfone groups is 1. The molecule has 0 atom stereocenters. The molecule has 0 amide bonds. The Labute approximate surface area is 204 Å². The number of nitrogens with zero attached hydrogens (tertiary/aromatic N) is 4. The quantitative estimate of drug-likeness (QED) is 0.341. The van der Waals surface area contributed by atoms with Gasteiger partial charge in [-0.15, -0.1) is 18.3 Å². The smallest absolute Gasteiger partial charge is 0.406 e. The van der Waals surface area contributed by atoms with Gasteiger partial charge in [-0.3, -0.25) is 0 Å². The molecular weight excluding hydrogens is 530 g/mol. The number of hydrogen-bond acceptors (Lipinski definition) is 6. The first kappa shape index (κ1) is 26.2. The standard InChI is InChI=1S/C22H16F6N4O4S/c1-3-37(34,35)17-9-14(13-4-6-16(12(2)8-13)36-22(26,27)28)10-29-19(17)32-20(33)31-11-15(21(23,24)25)5-7-18(31)30-32/h4-11H,3H2,1-2H3. The van der Waals surface area contributed by atoms with Crippen LogP contribution in [0.15, 0.2) is 58.5 Å². The van der Waals surface area contributed by atoms with Crippen LogP contribution in [0.1, 0.15) is 18.1 Å². The first-order chi connectivity index (χ1) is 17.1. The van der Waals surface area contributed by atoms with Gasteiger partial charge in [0.1, 0.15) is 10.6 Å². The molecule has 1 aromatic carbocycles. The molecule has 37 heavy (non-hydrogen) atoms. The van der Waals surface area contributed by atoms with E-state index in [1.54, 1.807) is 0 Å². The number of benzene rings is 1. The summed E-state index contributed by atoms with van der Waals surface area (Å²) < 4.78 is 108. The van der Waals surface area contributed by atoms with Gasteiger partial charge in [-0.1, -0.05) is 13.0 Å². The van der Waals surface area contributed by atoms with Crippen molar-refractivity contribution in [3.8, 4) is 22.7 Å². The van der Waals surface area contributed by atoms with Gasteiger partial charge in [-0.2, -0.15) is 17.9 Å². The minimum Gasteiger partial charge on any atom is -0.406 e. The summed E-state index contributed by atoms with van der Waals surface area (Å²) >= 11 is 0. The van der Waals surface area contributed by atoms with Gasteiger partial charge in [0, 0.05) is 18.0 Å². The van der Waals surface area contributed by atoms with Crippen LogP contribution in [0.4, 0.5) is 26.3 Å². The van der Waals surface area contributed by atoms with Crippen LogP contribution in [0.2, 0.25) is 0 Å². The fourth-order valence-electron chi connectivity index (χ4n) is 3.49. The summed E-state index contributed by atoms with van der Waals surface area (Å²) in [6.07, 6.45) is -7.93. The maximum absolute atomic E-state index is 13.1. The molecule has 3 heterocycles. The third-order valence-corrected chi connectivity index (χ3v) is 7.06. The van der Waals surface area contributed by atoms with Crippen LogP contribution in [0.5, 0.6) is 5.75 Å². The van der Waals surface area contributed by atoms with Crippen LogP contribution in [0.3, 0.4) is 0 Å². The van der Waals surface area contributed by atoms with E-state index in [1.807, 2.05) is 0 Å². The van der Waals surface area contributed by atoms with Crippen LogP contribution in [0.25, 0.3) is 22.6 Å². The molecule has 0 radical (unpaired) electrons. The van der Waals surface area contributed by atoms with Crippen LogP contribution in [-0.2, 0) is 16.0 Å². The molecule has 0 unspecified atom stereocenters. The first-order valence-corrected chi connectivity index (χ1v) is 12.0. The van der Waals surface area contributed by atoms with E-state index in [2.05, 4.69) is 14.8 Å². The molecule has 3 aromatic heterocycles. The molecular formula is C22H16F6N4O4S. The fraction of sp³-hybridized carbons (Fsp3) is 0.227. The van der Waals surface area contributed by atoms with E-state index in [1.165, 1.54) is 32.2 Å². The van der Waals surface area contributed by atoms with Crippen molar-refractivity contribution < 1.29 is 39.5 Å². The summed E-state index contributed by atoms with van der Waals surface area (Å²) in [5.41, 5.74) is -1.78. The molecule has 0 bridgehead atoms. The van der Waals surface area contributed by atoms with Crippen LogP contribution in [0, 0.1) is 6.92 Å². The summed E-state index contributed by atoms with van der Waals surface area (Å²) in [6.45, 7) is 2.70. The molecule has 196 valence electrons. The molecule has 8 nitrogen and oxygen atoms in total. The van der Waals surface area contributed by atoms with Crippen molar-refractivity contribution >= 4 is 15.5 Å². The van der Waals surface area contributed by atoms with Gasteiger partial charge in [0.15, 0.2) is 21.3 Å². The number of aryl methyl sites for hydroxylation is 1. The molecule has 4 aromatic rings. The van der Waals surface area contributed by atoms with Crippen molar-refractivity contribution in [2.24, 2.45) is 0 Å². The Morgan fingerprint density at radius 1 is 1.00 bits per heavy atom. The zero-order valence-electron chi connectivity index (χ0n) is 18.9. The lowest BCUT2D eigenvalue weighted by molar-refractivity contribution is -0.274. The monoisotopic (exact) mass is 546 g/mol. The number of ether oxygens (including phenoxy) is 1. The normalized spacial score (nSPS) is 12.8. The maximum Gasteiger partial charge on any atom is 0.573 e. The summed E-state index contributed by atoms with van der Waals surface area (Å²) in [5.74, 6) is -1.30. The second-order valence-corrected chi connectivity index (χ2v) is 10.1. The SMILES string of the molecule is CCS(=O)(=O)c1cc(-c2ccc(OC(F)(F)F)c(C)c2)cnc1-n1nc2ccc(C(F)(F)F)cn2c1=O. The van der Waals surface area contributed by atoms with Gasteiger partial charge in [0.05, 0.1) is 11.3 Å². The third kappa shape index (κ3) is 5.16. The van der Waals surface area contributed by atoms with Crippen molar-refractivity contribution in [3.05, 3.63) is 70.4 Å². The van der Waals surface area contributed by atoms with E-state index in [0.29, 0.717) is 20.8 Å². The van der Waals surface area contributed by atoms with Crippen molar-refractivity contribution in [2.45, 2.75) is 31.3 Å². The van der Waals surface area contributed by atoms with Crippen molar-refractivity contribution in [1.29, 1.82) is 0 Å². The van der Waals surface area contributed by atoms with Gasteiger partial charge >= 0.3 is 18.2 Å². The Bertz CT molecular complexity index is 1670. The Morgan fingerprint density at radius 3 is 2.30 bits per heavy atom. The summed E-state index contributed by atoms with van der Waals surface area (Å²) in [6, 6.07) is 6.50. The fourth-order valence-corrected chi connectivity index (χ4v) is 4.52. The molecule has 15 heteroatoms. The average Bonchev–Trinajstić information content (AvgIpc) is 3.14. The summed E-state index contributed by atoms with van der Waals surface area (Å²) in [5, 5.41) is 3.93. The van der Waals surface area contributed by atoms with E-state index in [-0.39, 0.29) is 16.8 Å². The van der Waals surface area contributed by atoms with Crippen LogP contribution < -0.4 is 10.4 Å². The average molecular weight is 546 g/mol. The van der Waals surface area contributed by atoms with Crippen molar-refractivity contribution in [1.82, 2.24) is 19.2 Å². The topological polar surface area (TPSA) is 95.6 Å². The lowest BCUT2D eigenvalue weighted by Crippen LogP contribution is -2.23. The molecule has 4 rings (SSSR count). The third-order valence-electron chi connectivity index (χ3n) is 5.33. The number of alkyl halides is 6. The van der Waals surface area contributed by atoms with E-state index in [0.717, 1.165) is 24.3 Å². The molecule has 0 N–H and O–H groups in total. The molecule has 0 aliphatic rings. The lowest BCUT2D eigenvalue weighted by Gasteiger charge is -2.13. The molecule has 0 spiro atoms. The van der Waals surface area contributed by atoms with Gasteiger partial charge < -0.3 is 4.74 Å². The van der Waals surface area contributed by atoms with E-state index < -0.39 is 55.8 Å². The highest BCUT2D eigenvalue weighted by atomic mass is 32.2. The predicted molar refractivity (Wildman–Crippen MR) is 118 cm³/mol. The minimum atomic E-state index is -4.90. The molecule has 0 fully saturated rings. The van der Waals surface area contributed by atoms with Gasteiger partial charge in [-0.25, -0.2) is 22.6 Å². The number of halogens is 6. The van der Waals surface area contributed by atoms with Crippen molar-refractivity contribution in [2.75, 3.05) is 5.75 Å². The van der Waals surface area contributed by atoms with E-state index in [4.69, 9.17) is 0 Å². The number of fused-ring (bicyclic) bond motifs is 1. The number of rotatable bonds is 5. The molecule has 0 aliphatic carbocycles. The second kappa shape index (κ2) is 8.90. The number of pyridine rings is 2. The van der Waals surface area contributed by atoms with Gasteiger partial charge in [0.2, 0.25) is 0 Å².